The third kappa shape index (κ3) is 29.0. The predicted octanol–water partition coefficient (Wildman–Crippen LogP) is 2.43. The van der Waals surface area contributed by atoms with Crippen LogP contribution in [0.3, 0.4) is 0 Å². The molecule has 0 aliphatic carbocycles. The van der Waals surface area contributed by atoms with Crippen molar-refractivity contribution in [2.75, 3.05) is 59.5 Å². The number of rotatable bonds is 49. The van der Waals surface area contributed by atoms with Gasteiger partial charge in [0.2, 0.25) is 0 Å². The van der Waals surface area contributed by atoms with E-state index in [0.29, 0.717) is 36.9 Å². The smallest absolute Gasteiger partial charge is 0.187 e. The zero-order valence-electron chi connectivity index (χ0n) is 62.2. The minimum Gasteiger partial charge on any atom is -0.394 e. The number of aliphatic hydroxyl groups excluding tert-OH is 16. The Labute approximate surface area is 600 Å². The fraction of sp³-hybridized carbons (Fsp3) is 1.00. The van der Waals surface area contributed by atoms with E-state index in [2.05, 4.69) is 69.2 Å². The highest BCUT2D eigenvalue weighted by molar-refractivity contribution is 4.99. The summed E-state index contributed by atoms with van der Waals surface area (Å²) < 4.78 is 73.0. The third-order valence-electron chi connectivity index (χ3n) is 21.3. The summed E-state index contributed by atoms with van der Waals surface area (Å²) in [4.78, 5) is 0. The maximum atomic E-state index is 11.9. The standard InChI is InChI=1S/C73H138O28/c1-40(2)17-11-19-42(5)21-13-23-44(7)25-15-27-46(9)29-31-90-38-48(91-32-30-47(10)28-16-26-45(8)24-14-22-43(6)20-12-18-41(3)4)39-92-70-65(60(85)55(80)50(34-75)94-70)99-72-67(62(87)57(82)52(36-77)96-72)101-73-68(63(88)58(83)53(37-78)97-73)100-71-66(61(86)56(81)51(35-76)95-71)98-69-64(89)59(84)54(79)49(33-74)93-69/h40-89H,11-39H2,1-10H3/t42?,43?,44?,45?,46?,47?,48?,49-,50-,51-,52-,53-,54-,55-,56-,57-,58-,59+,60+,61+,62+,63+,64+,65+,66+,67+,68+,69-,70+,71-,72-,73-/m1/s1. The average molecular weight is 1460 g/mol. The molecule has 101 heavy (non-hydrogen) atoms. The Morgan fingerprint density at radius 2 is 0.525 bits per heavy atom. The molecule has 5 heterocycles. The quantitative estimate of drug-likeness (QED) is 0.0389. The fourth-order valence-corrected chi connectivity index (χ4v) is 14.2. The van der Waals surface area contributed by atoms with Gasteiger partial charge in [-0.2, -0.15) is 0 Å². The van der Waals surface area contributed by atoms with Crippen molar-refractivity contribution in [2.45, 2.75) is 357 Å². The average Bonchev–Trinajstić information content (AvgIpc) is 0.774. The summed E-state index contributed by atoms with van der Waals surface area (Å²) >= 11 is 0. The number of ether oxygens (including phenoxy) is 12. The summed E-state index contributed by atoms with van der Waals surface area (Å²) in [7, 11) is 0. The first-order chi connectivity index (χ1) is 48.1. The topological polar surface area (TPSA) is 434 Å². The largest absolute Gasteiger partial charge is 0.394 e. The van der Waals surface area contributed by atoms with Gasteiger partial charge in [-0.1, -0.05) is 185 Å². The van der Waals surface area contributed by atoms with Crippen LogP contribution in [0.2, 0.25) is 0 Å². The lowest BCUT2D eigenvalue weighted by molar-refractivity contribution is -0.413. The van der Waals surface area contributed by atoms with Crippen molar-refractivity contribution in [1.29, 1.82) is 0 Å². The highest BCUT2D eigenvalue weighted by Crippen LogP contribution is 2.38. The van der Waals surface area contributed by atoms with Gasteiger partial charge >= 0.3 is 0 Å². The lowest BCUT2D eigenvalue weighted by atomic mass is 9.91. The second-order valence-corrected chi connectivity index (χ2v) is 31.4. The van der Waals surface area contributed by atoms with E-state index >= 15 is 0 Å². The summed E-state index contributed by atoms with van der Waals surface area (Å²) in [6.07, 6.45) is -25.4. The van der Waals surface area contributed by atoms with E-state index in [0.717, 1.165) is 68.6 Å². The highest BCUT2D eigenvalue weighted by atomic mass is 16.8. The maximum absolute atomic E-state index is 11.9. The van der Waals surface area contributed by atoms with Crippen LogP contribution in [0.4, 0.5) is 0 Å². The number of hydrogen-bond donors (Lipinski definition) is 16. The Bertz CT molecular complexity index is 2130. The van der Waals surface area contributed by atoms with Crippen LogP contribution in [0.25, 0.3) is 0 Å². The zero-order valence-corrected chi connectivity index (χ0v) is 62.2. The third-order valence-corrected chi connectivity index (χ3v) is 21.3. The molecule has 5 aliphatic heterocycles. The van der Waals surface area contributed by atoms with E-state index in [1.54, 1.807) is 0 Å². The van der Waals surface area contributed by atoms with Gasteiger partial charge in [-0.25, -0.2) is 0 Å². The Balaban J connectivity index is 1.32. The molecule has 598 valence electrons. The molecule has 0 aromatic carbocycles. The maximum Gasteiger partial charge on any atom is 0.187 e. The summed E-state index contributed by atoms with van der Waals surface area (Å²) in [5, 5.41) is 175. The normalized spacial score (nSPS) is 37.2. The Hall–Kier alpha value is -1.12. The van der Waals surface area contributed by atoms with Crippen LogP contribution in [0.15, 0.2) is 0 Å². The first-order valence-corrected chi connectivity index (χ1v) is 38.3. The van der Waals surface area contributed by atoms with Gasteiger partial charge in [-0.3, -0.25) is 0 Å². The van der Waals surface area contributed by atoms with Crippen molar-refractivity contribution in [3.8, 4) is 0 Å². The van der Waals surface area contributed by atoms with Gasteiger partial charge in [-0.05, 0) is 60.2 Å². The van der Waals surface area contributed by atoms with Crippen LogP contribution in [0.1, 0.15) is 198 Å². The second kappa shape index (κ2) is 47.1. The van der Waals surface area contributed by atoms with E-state index in [9.17, 15) is 81.7 Å². The van der Waals surface area contributed by atoms with Crippen molar-refractivity contribution >= 4 is 0 Å². The first kappa shape index (κ1) is 90.5. The van der Waals surface area contributed by atoms with Crippen molar-refractivity contribution in [2.24, 2.45) is 47.3 Å². The lowest BCUT2D eigenvalue weighted by Crippen LogP contribution is -2.68. The van der Waals surface area contributed by atoms with Crippen LogP contribution in [0.5, 0.6) is 0 Å². The van der Waals surface area contributed by atoms with E-state index in [-0.39, 0.29) is 13.2 Å². The van der Waals surface area contributed by atoms with Crippen LogP contribution in [-0.4, -0.2) is 301 Å². The molecule has 28 heteroatoms. The summed E-state index contributed by atoms with van der Waals surface area (Å²) in [5.41, 5.74) is 0. The zero-order chi connectivity index (χ0) is 74.6. The van der Waals surface area contributed by atoms with Crippen molar-refractivity contribution < 1.29 is 139 Å². The van der Waals surface area contributed by atoms with Crippen molar-refractivity contribution in [3.05, 3.63) is 0 Å². The van der Waals surface area contributed by atoms with Crippen molar-refractivity contribution in [1.82, 2.24) is 0 Å². The molecular weight excluding hydrogens is 1320 g/mol. The molecule has 0 bridgehead atoms. The van der Waals surface area contributed by atoms with Gasteiger partial charge in [0.1, 0.15) is 128 Å². The SMILES string of the molecule is CC(C)CCCC(C)CCCC(C)CCCC(C)CCOCC(CO[C@H]1O[C@H](CO)[C@@H](O)[C@H](O)[C@@H]1O[C@H]1O[C@H](CO)[C@@H](O)[C@H](O)[C@@H]1O[C@H]1O[C@H](CO)[C@@H](O)[C@H](O)[C@@H]1O[C@H]1O[C@H](CO)[C@@H](O)[C@H](O)[C@@H]1O[C@H]1O[C@H](CO)[C@@H](O)[C@H](O)[C@@H]1O)OCCC(C)CCCC(C)CCCC(C)CCCC(C)C. The highest BCUT2D eigenvalue weighted by Gasteiger charge is 2.58. The minimum atomic E-state index is -2.18. The molecule has 32 atom stereocenters. The van der Waals surface area contributed by atoms with Gasteiger partial charge in [0.05, 0.1) is 46.2 Å². The molecule has 5 rings (SSSR count). The molecular formula is C73H138O28. The van der Waals surface area contributed by atoms with Gasteiger partial charge in [-0.15, -0.1) is 0 Å². The Morgan fingerprint density at radius 3 is 0.842 bits per heavy atom. The molecule has 0 amide bonds. The molecule has 28 nitrogen and oxygen atoms in total. The molecule has 5 fully saturated rings. The monoisotopic (exact) mass is 1460 g/mol. The van der Waals surface area contributed by atoms with Gasteiger partial charge in [0.15, 0.2) is 31.5 Å². The van der Waals surface area contributed by atoms with Crippen molar-refractivity contribution in [3.63, 3.8) is 0 Å². The van der Waals surface area contributed by atoms with Gasteiger partial charge < -0.3 is 139 Å². The molecule has 0 aromatic rings. The molecule has 0 radical (unpaired) electrons. The molecule has 0 spiro atoms. The molecule has 5 saturated heterocycles. The van der Waals surface area contributed by atoms with Gasteiger partial charge in [0.25, 0.3) is 0 Å². The predicted molar refractivity (Wildman–Crippen MR) is 368 cm³/mol. The summed E-state index contributed by atoms with van der Waals surface area (Å²) in [6.45, 7) is 19.1. The summed E-state index contributed by atoms with van der Waals surface area (Å²) in [5.74, 6) is 4.99. The Kier molecular flexibility index (Phi) is 42.2. The summed E-state index contributed by atoms with van der Waals surface area (Å²) in [6, 6.07) is 0. The van der Waals surface area contributed by atoms with Crippen LogP contribution >= 0.6 is 0 Å². The minimum absolute atomic E-state index is 0.0887. The van der Waals surface area contributed by atoms with Gasteiger partial charge in [0, 0.05) is 13.2 Å². The molecule has 7 unspecified atom stereocenters. The lowest BCUT2D eigenvalue weighted by Gasteiger charge is -2.50. The first-order valence-electron chi connectivity index (χ1n) is 38.3. The Morgan fingerprint density at radius 1 is 0.267 bits per heavy atom. The number of hydrogen-bond acceptors (Lipinski definition) is 28. The fourth-order valence-electron chi connectivity index (χ4n) is 14.2. The molecule has 5 aliphatic rings. The van der Waals surface area contributed by atoms with E-state index < -0.39 is 193 Å². The number of aliphatic hydroxyl groups is 16. The molecule has 16 N–H and O–H groups in total. The van der Waals surface area contributed by atoms with Crippen LogP contribution < -0.4 is 0 Å². The second-order valence-electron chi connectivity index (χ2n) is 31.4. The van der Waals surface area contributed by atoms with E-state index in [1.165, 1.54) is 83.5 Å². The van der Waals surface area contributed by atoms with Crippen LogP contribution in [0, 0.1) is 47.3 Å². The van der Waals surface area contributed by atoms with E-state index in [4.69, 9.17) is 56.8 Å². The molecule has 0 aromatic heterocycles. The molecule has 0 saturated carbocycles. The van der Waals surface area contributed by atoms with E-state index in [1.807, 2.05) is 0 Å². The van der Waals surface area contributed by atoms with Crippen LogP contribution in [-0.2, 0) is 56.8 Å².